The van der Waals surface area contributed by atoms with Gasteiger partial charge in [0.2, 0.25) is 0 Å². The summed E-state index contributed by atoms with van der Waals surface area (Å²) in [6, 6.07) is 5.08. The summed E-state index contributed by atoms with van der Waals surface area (Å²) < 4.78 is 0. The highest BCUT2D eigenvalue weighted by Crippen LogP contribution is 2.20. The number of aromatic nitrogens is 2. The van der Waals surface area contributed by atoms with E-state index in [0.29, 0.717) is 5.56 Å². The van der Waals surface area contributed by atoms with Crippen LogP contribution in [-0.2, 0) is 0 Å². The van der Waals surface area contributed by atoms with Crippen molar-refractivity contribution in [2.75, 3.05) is 5.73 Å². The smallest absolute Gasteiger partial charge is 0.339 e. The Kier molecular flexibility index (Phi) is 2.51. The Balaban J connectivity index is 2.52. The number of aromatic carboxylic acids is 1. The number of carboxylic acid groups (broad SMARTS) is 1. The first kappa shape index (κ1) is 10.1. The molecule has 0 saturated heterocycles. The van der Waals surface area contributed by atoms with Gasteiger partial charge in [0.25, 0.3) is 0 Å². The summed E-state index contributed by atoms with van der Waals surface area (Å²) in [7, 11) is 0. The van der Waals surface area contributed by atoms with Gasteiger partial charge >= 0.3 is 5.97 Å². The fraction of sp³-hybridized carbons (Fsp3) is 0. The molecule has 0 saturated carbocycles. The predicted octanol–water partition coefficient (Wildman–Crippen LogP) is 1.42. The molecule has 0 aliphatic rings. The molecule has 0 radical (unpaired) electrons. The first-order chi connectivity index (χ1) is 7.68. The van der Waals surface area contributed by atoms with Crippen LogP contribution in [0, 0.1) is 0 Å². The van der Waals surface area contributed by atoms with E-state index >= 15 is 0 Å². The van der Waals surface area contributed by atoms with Gasteiger partial charge in [-0.15, -0.1) is 0 Å². The second kappa shape index (κ2) is 3.98. The van der Waals surface area contributed by atoms with E-state index < -0.39 is 5.97 Å². The molecule has 0 spiro atoms. The van der Waals surface area contributed by atoms with Crippen molar-refractivity contribution < 1.29 is 9.90 Å². The first-order valence-electron chi connectivity index (χ1n) is 4.57. The highest BCUT2D eigenvalue weighted by Gasteiger charge is 2.10. The lowest BCUT2D eigenvalue weighted by Gasteiger charge is -2.04. The maximum absolute atomic E-state index is 10.9. The van der Waals surface area contributed by atoms with Crippen LogP contribution in [0.2, 0.25) is 0 Å². The van der Waals surface area contributed by atoms with E-state index in [9.17, 15) is 4.79 Å². The highest BCUT2D eigenvalue weighted by atomic mass is 16.4. The molecule has 2 heterocycles. The van der Waals surface area contributed by atoms with E-state index in [1.807, 2.05) is 6.07 Å². The second-order valence-corrected chi connectivity index (χ2v) is 3.20. The number of nitrogens with zero attached hydrogens (tertiary/aromatic N) is 2. The number of nitrogen functional groups attached to an aromatic ring is 1. The van der Waals surface area contributed by atoms with E-state index in [4.69, 9.17) is 10.8 Å². The minimum absolute atomic E-state index is 0.00125. The van der Waals surface area contributed by atoms with E-state index in [-0.39, 0.29) is 11.4 Å². The Hall–Kier alpha value is -2.43. The minimum Gasteiger partial charge on any atom is -0.478 e. The molecule has 0 fully saturated rings. The van der Waals surface area contributed by atoms with Gasteiger partial charge < -0.3 is 10.8 Å². The van der Waals surface area contributed by atoms with Crippen LogP contribution in [-0.4, -0.2) is 21.0 Å². The number of nitrogens with two attached hydrogens (primary N) is 1. The largest absolute Gasteiger partial charge is 0.478 e. The maximum Gasteiger partial charge on any atom is 0.339 e. The number of carbonyl (C=O) groups is 1. The molecule has 2 aromatic rings. The molecule has 0 amide bonds. The van der Waals surface area contributed by atoms with Crippen LogP contribution in [0.4, 0.5) is 5.82 Å². The summed E-state index contributed by atoms with van der Waals surface area (Å²) >= 11 is 0. The summed E-state index contributed by atoms with van der Waals surface area (Å²) in [5, 5.41) is 8.90. The molecule has 80 valence electrons. The SMILES string of the molecule is Nc1ncc(-c2cccnc2)cc1C(=O)O. The Labute approximate surface area is 91.6 Å². The van der Waals surface area contributed by atoms with Gasteiger partial charge in [-0.2, -0.15) is 0 Å². The van der Waals surface area contributed by atoms with Crippen LogP contribution >= 0.6 is 0 Å². The predicted molar refractivity (Wildman–Crippen MR) is 58.8 cm³/mol. The number of hydrogen-bond donors (Lipinski definition) is 2. The van der Waals surface area contributed by atoms with Gasteiger partial charge in [-0.25, -0.2) is 9.78 Å². The second-order valence-electron chi connectivity index (χ2n) is 3.20. The average Bonchev–Trinajstić information content (AvgIpc) is 2.30. The number of anilines is 1. The fourth-order valence-corrected chi connectivity index (χ4v) is 1.34. The number of hydrogen-bond acceptors (Lipinski definition) is 4. The number of carboxylic acids is 1. The summed E-state index contributed by atoms with van der Waals surface area (Å²) in [5.74, 6) is -1.07. The van der Waals surface area contributed by atoms with Crippen molar-refractivity contribution in [1.82, 2.24) is 9.97 Å². The lowest BCUT2D eigenvalue weighted by molar-refractivity contribution is 0.0698. The molecule has 0 aliphatic carbocycles. The first-order valence-corrected chi connectivity index (χ1v) is 4.57. The molecule has 3 N–H and O–H groups in total. The Bertz CT molecular complexity index is 526. The van der Waals surface area contributed by atoms with Crippen LogP contribution < -0.4 is 5.73 Å². The molecule has 0 aliphatic heterocycles. The molecule has 2 aromatic heterocycles. The van der Waals surface area contributed by atoms with Crippen molar-refractivity contribution >= 4 is 11.8 Å². The van der Waals surface area contributed by atoms with E-state index in [1.165, 1.54) is 12.3 Å². The summed E-state index contributed by atoms with van der Waals surface area (Å²) in [4.78, 5) is 18.7. The molecule has 16 heavy (non-hydrogen) atoms. The quantitative estimate of drug-likeness (QED) is 0.790. The zero-order chi connectivity index (χ0) is 11.5. The van der Waals surface area contributed by atoms with E-state index in [1.54, 1.807) is 18.5 Å². The summed E-state index contributed by atoms with van der Waals surface area (Å²) in [6.45, 7) is 0. The minimum atomic E-state index is -1.09. The molecule has 5 heteroatoms. The van der Waals surface area contributed by atoms with Gasteiger partial charge in [-0.1, -0.05) is 6.07 Å². The Morgan fingerprint density at radius 1 is 1.31 bits per heavy atom. The number of pyridine rings is 2. The zero-order valence-electron chi connectivity index (χ0n) is 8.29. The molecule has 0 bridgehead atoms. The monoisotopic (exact) mass is 215 g/mol. The van der Waals surface area contributed by atoms with Crippen molar-refractivity contribution in [3.05, 3.63) is 42.4 Å². The third-order valence-corrected chi connectivity index (χ3v) is 2.14. The van der Waals surface area contributed by atoms with Gasteiger partial charge in [-0.3, -0.25) is 4.98 Å². The van der Waals surface area contributed by atoms with Crippen molar-refractivity contribution in [2.45, 2.75) is 0 Å². The van der Waals surface area contributed by atoms with Gasteiger partial charge in [0, 0.05) is 29.7 Å². The Morgan fingerprint density at radius 2 is 2.12 bits per heavy atom. The van der Waals surface area contributed by atoms with Crippen molar-refractivity contribution in [3.63, 3.8) is 0 Å². The van der Waals surface area contributed by atoms with Gasteiger partial charge in [0.1, 0.15) is 11.4 Å². The van der Waals surface area contributed by atoms with Crippen LogP contribution in [0.15, 0.2) is 36.8 Å². The molecule has 0 atom stereocenters. The normalized spacial score (nSPS) is 10.0. The van der Waals surface area contributed by atoms with Crippen molar-refractivity contribution in [3.8, 4) is 11.1 Å². The molecule has 5 nitrogen and oxygen atoms in total. The molecular formula is C11H9N3O2. The van der Waals surface area contributed by atoms with Crippen LogP contribution in [0.3, 0.4) is 0 Å². The third kappa shape index (κ3) is 1.83. The van der Waals surface area contributed by atoms with Crippen LogP contribution in [0.5, 0.6) is 0 Å². The highest BCUT2D eigenvalue weighted by molar-refractivity contribution is 5.94. The lowest BCUT2D eigenvalue weighted by atomic mass is 10.1. The van der Waals surface area contributed by atoms with Gasteiger partial charge in [0.15, 0.2) is 0 Å². The lowest BCUT2D eigenvalue weighted by Crippen LogP contribution is -2.04. The molecule has 0 unspecified atom stereocenters. The molecule has 0 aromatic carbocycles. The third-order valence-electron chi connectivity index (χ3n) is 2.14. The van der Waals surface area contributed by atoms with Crippen molar-refractivity contribution in [1.29, 1.82) is 0 Å². The fourth-order valence-electron chi connectivity index (χ4n) is 1.34. The van der Waals surface area contributed by atoms with Crippen molar-refractivity contribution in [2.24, 2.45) is 0 Å². The van der Waals surface area contributed by atoms with E-state index in [2.05, 4.69) is 9.97 Å². The Morgan fingerprint density at radius 3 is 2.75 bits per heavy atom. The van der Waals surface area contributed by atoms with Crippen LogP contribution in [0.1, 0.15) is 10.4 Å². The topological polar surface area (TPSA) is 89.1 Å². The standard InChI is InChI=1S/C11H9N3O2/c12-10-9(11(15)16)4-8(6-14-10)7-2-1-3-13-5-7/h1-6H,(H2,12,14)(H,15,16). The van der Waals surface area contributed by atoms with Gasteiger partial charge in [-0.05, 0) is 12.1 Å². The molecule has 2 rings (SSSR count). The maximum atomic E-state index is 10.9. The van der Waals surface area contributed by atoms with Crippen LogP contribution in [0.25, 0.3) is 11.1 Å². The average molecular weight is 215 g/mol. The zero-order valence-corrected chi connectivity index (χ0v) is 8.29. The number of rotatable bonds is 2. The van der Waals surface area contributed by atoms with Gasteiger partial charge in [0.05, 0.1) is 0 Å². The summed E-state index contributed by atoms with van der Waals surface area (Å²) in [5.41, 5.74) is 6.95. The van der Waals surface area contributed by atoms with E-state index in [0.717, 1.165) is 5.56 Å². The summed E-state index contributed by atoms with van der Waals surface area (Å²) in [6.07, 6.45) is 4.81. The molecular weight excluding hydrogens is 206 g/mol.